The number of rotatable bonds is 9. The highest BCUT2D eigenvalue weighted by atomic mass is 79.9. The number of halogens is 4. The predicted molar refractivity (Wildman–Crippen MR) is 96.6 cm³/mol. The van der Waals surface area contributed by atoms with E-state index in [0.717, 1.165) is 19.3 Å². The first-order chi connectivity index (χ1) is 11.8. The summed E-state index contributed by atoms with van der Waals surface area (Å²) in [5, 5.41) is 10.4. The van der Waals surface area contributed by atoms with Crippen molar-refractivity contribution < 1.29 is 17.9 Å². The minimum atomic E-state index is -4.44. The molecule has 0 atom stereocenters. The summed E-state index contributed by atoms with van der Waals surface area (Å²) < 4.78 is 45.6. The molecule has 1 aliphatic carbocycles. The van der Waals surface area contributed by atoms with Crippen LogP contribution in [0.15, 0.2) is 4.47 Å². The molecule has 1 aliphatic rings. The van der Waals surface area contributed by atoms with Gasteiger partial charge >= 0.3 is 6.18 Å². The summed E-state index contributed by atoms with van der Waals surface area (Å²) in [6.07, 6.45) is -1.14. The molecule has 0 amide bonds. The number of methoxy groups -OCH3 is 1. The van der Waals surface area contributed by atoms with E-state index in [1.807, 2.05) is 0 Å². The van der Waals surface area contributed by atoms with Crippen molar-refractivity contribution in [1.82, 2.24) is 20.4 Å². The molecule has 0 aromatic carbocycles. The Labute approximate surface area is 158 Å². The van der Waals surface area contributed by atoms with Crippen LogP contribution in [-0.2, 0) is 17.5 Å². The van der Waals surface area contributed by atoms with Crippen molar-refractivity contribution in [3.05, 3.63) is 15.9 Å². The number of thiocarbonyl (C=S) groups is 1. The number of aromatic nitrogens is 2. The van der Waals surface area contributed by atoms with Crippen LogP contribution in [0.25, 0.3) is 0 Å². The van der Waals surface area contributed by atoms with Crippen LogP contribution in [0.1, 0.15) is 43.0 Å². The molecule has 2 rings (SSSR count). The third kappa shape index (κ3) is 6.10. The van der Waals surface area contributed by atoms with Crippen molar-refractivity contribution in [2.45, 2.75) is 44.3 Å². The second-order valence-corrected chi connectivity index (χ2v) is 7.13. The molecule has 1 aromatic rings. The summed E-state index contributed by atoms with van der Waals surface area (Å²) >= 11 is 8.23. The molecule has 1 saturated carbocycles. The molecule has 0 spiro atoms. The van der Waals surface area contributed by atoms with E-state index in [1.54, 1.807) is 7.11 Å². The predicted octanol–water partition coefficient (Wildman–Crippen LogP) is 3.43. The second-order valence-electron chi connectivity index (χ2n) is 5.93. The normalized spacial score (nSPS) is 14.6. The molecule has 5 nitrogen and oxygen atoms in total. The lowest BCUT2D eigenvalue weighted by Crippen LogP contribution is -2.36. The summed E-state index contributed by atoms with van der Waals surface area (Å²) in [7, 11) is 1.64. The molecule has 1 fully saturated rings. The van der Waals surface area contributed by atoms with Gasteiger partial charge in [0.05, 0.1) is 10.2 Å². The van der Waals surface area contributed by atoms with Gasteiger partial charge in [0.15, 0.2) is 10.8 Å². The third-order valence-corrected chi connectivity index (χ3v) is 4.88. The maximum Gasteiger partial charge on any atom is 0.436 e. The maximum absolute atomic E-state index is 13.0. The highest BCUT2D eigenvalue weighted by Crippen LogP contribution is 2.46. The molecular formula is C15H22BrF3N4OS. The molecular weight excluding hydrogens is 421 g/mol. The largest absolute Gasteiger partial charge is 0.436 e. The lowest BCUT2D eigenvalue weighted by Gasteiger charge is -2.11. The van der Waals surface area contributed by atoms with E-state index in [9.17, 15) is 13.2 Å². The SMILES string of the molecule is COCCCNC(=S)NCCCn1nc(C(F)(F)F)c(Br)c1C1CC1. The Morgan fingerprint density at radius 2 is 1.96 bits per heavy atom. The zero-order valence-corrected chi connectivity index (χ0v) is 16.4. The third-order valence-electron chi connectivity index (χ3n) is 3.81. The first kappa shape index (κ1) is 20.4. The highest BCUT2D eigenvalue weighted by Gasteiger charge is 2.41. The van der Waals surface area contributed by atoms with Gasteiger partial charge in [-0.15, -0.1) is 0 Å². The Hall–Kier alpha value is -0.870. The molecule has 0 saturated heterocycles. The van der Waals surface area contributed by atoms with Crippen LogP contribution in [0.5, 0.6) is 0 Å². The summed E-state index contributed by atoms with van der Waals surface area (Å²) in [4.78, 5) is 0. The van der Waals surface area contributed by atoms with E-state index in [4.69, 9.17) is 17.0 Å². The van der Waals surface area contributed by atoms with Gasteiger partial charge in [-0.25, -0.2) is 0 Å². The van der Waals surface area contributed by atoms with Crippen LogP contribution in [0.3, 0.4) is 0 Å². The number of aryl methyl sites for hydroxylation is 1. The van der Waals surface area contributed by atoms with E-state index in [-0.39, 0.29) is 10.4 Å². The number of ether oxygens (including phenoxy) is 1. The molecule has 2 N–H and O–H groups in total. The number of hydrogen-bond donors (Lipinski definition) is 2. The zero-order valence-electron chi connectivity index (χ0n) is 14.0. The summed E-state index contributed by atoms with van der Waals surface area (Å²) in [6.45, 7) is 2.36. The molecule has 0 aliphatic heterocycles. The van der Waals surface area contributed by atoms with E-state index in [1.165, 1.54) is 4.68 Å². The average molecular weight is 443 g/mol. The number of alkyl halides is 3. The number of nitrogens with one attached hydrogen (secondary N) is 2. The monoisotopic (exact) mass is 442 g/mol. The van der Waals surface area contributed by atoms with Crippen molar-refractivity contribution in [3.8, 4) is 0 Å². The Morgan fingerprint density at radius 1 is 1.32 bits per heavy atom. The van der Waals surface area contributed by atoms with Crippen molar-refractivity contribution in [2.75, 3.05) is 26.8 Å². The van der Waals surface area contributed by atoms with Crippen LogP contribution < -0.4 is 10.6 Å². The standard InChI is InChI=1S/C15H22BrF3N4OS/c1-24-9-3-7-21-14(25)20-6-2-8-23-12(10-4-5-10)11(16)13(22-23)15(17,18)19/h10H,2-9H2,1H3,(H2,20,21,25). The van der Waals surface area contributed by atoms with Crippen molar-refractivity contribution >= 4 is 33.3 Å². The molecule has 0 bridgehead atoms. The maximum atomic E-state index is 13.0. The van der Waals surface area contributed by atoms with Crippen LogP contribution >= 0.6 is 28.1 Å². The summed E-state index contributed by atoms with van der Waals surface area (Å²) in [5.41, 5.74) is -0.176. The van der Waals surface area contributed by atoms with Gasteiger partial charge in [-0.05, 0) is 53.8 Å². The highest BCUT2D eigenvalue weighted by molar-refractivity contribution is 9.10. The van der Waals surface area contributed by atoms with Gasteiger partial charge in [-0.2, -0.15) is 18.3 Å². The average Bonchev–Trinajstić information content (AvgIpc) is 3.31. The Balaban J connectivity index is 1.82. The van der Waals surface area contributed by atoms with Gasteiger partial charge in [-0.3, -0.25) is 4.68 Å². The van der Waals surface area contributed by atoms with Gasteiger partial charge in [0, 0.05) is 39.3 Å². The molecule has 1 aromatic heterocycles. The molecule has 1 heterocycles. The van der Waals surface area contributed by atoms with Gasteiger partial charge in [-0.1, -0.05) is 0 Å². The van der Waals surface area contributed by atoms with Gasteiger partial charge in [0.1, 0.15) is 0 Å². The Bertz CT molecular complexity index is 590. The molecule has 25 heavy (non-hydrogen) atoms. The van der Waals surface area contributed by atoms with Crippen LogP contribution in [0, 0.1) is 0 Å². The first-order valence-electron chi connectivity index (χ1n) is 8.18. The Morgan fingerprint density at radius 3 is 2.52 bits per heavy atom. The van der Waals surface area contributed by atoms with Gasteiger partial charge < -0.3 is 15.4 Å². The van der Waals surface area contributed by atoms with E-state index < -0.39 is 11.9 Å². The van der Waals surface area contributed by atoms with Crippen LogP contribution in [0.4, 0.5) is 13.2 Å². The van der Waals surface area contributed by atoms with Crippen molar-refractivity contribution in [2.24, 2.45) is 0 Å². The molecule has 0 radical (unpaired) electrons. The van der Waals surface area contributed by atoms with E-state index in [2.05, 4.69) is 31.7 Å². The lowest BCUT2D eigenvalue weighted by molar-refractivity contribution is -0.142. The van der Waals surface area contributed by atoms with E-state index in [0.29, 0.717) is 43.5 Å². The fourth-order valence-electron chi connectivity index (χ4n) is 2.46. The van der Waals surface area contributed by atoms with Gasteiger partial charge in [0.25, 0.3) is 0 Å². The van der Waals surface area contributed by atoms with Crippen LogP contribution in [-0.4, -0.2) is 41.7 Å². The van der Waals surface area contributed by atoms with Crippen molar-refractivity contribution in [1.29, 1.82) is 0 Å². The Kier molecular flexibility index (Phi) is 7.51. The number of hydrogen-bond acceptors (Lipinski definition) is 3. The summed E-state index contributed by atoms with van der Waals surface area (Å²) in [6, 6.07) is 0. The fourth-order valence-corrected chi connectivity index (χ4v) is 3.50. The second kappa shape index (κ2) is 9.18. The topological polar surface area (TPSA) is 51.1 Å². The minimum Gasteiger partial charge on any atom is -0.385 e. The number of nitrogens with zero attached hydrogens (tertiary/aromatic N) is 2. The summed E-state index contributed by atoms with van der Waals surface area (Å²) in [5.74, 6) is 0.175. The molecule has 10 heteroatoms. The first-order valence-corrected chi connectivity index (χ1v) is 9.38. The van der Waals surface area contributed by atoms with Crippen molar-refractivity contribution in [3.63, 3.8) is 0 Å². The van der Waals surface area contributed by atoms with Crippen LogP contribution in [0.2, 0.25) is 0 Å². The lowest BCUT2D eigenvalue weighted by atomic mass is 10.2. The zero-order chi connectivity index (χ0) is 18.4. The molecule has 0 unspecified atom stereocenters. The molecule has 142 valence electrons. The minimum absolute atomic E-state index is 0.0887. The fraction of sp³-hybridized carbons (Fsp3) is 0.733. The van der Waals surface area contributed by atoms with E-state index >= 15 is 0 Å². The van der Waals surface area contributed by atoms with Gasteiger partial charge in [0.2, 0.25) is 0 Å². The quantitative estimate of drug-likeness (QED) is 0.453. The smallest absolute Gasteiger partial charge is 0.385 e.